The Balaban J connectivity index is 0.928. The molecule has 0 aliphatic heterocycles. The molecule has 0 saturated heterocycles. The number of benzene rings is 10. The van der Waals surface area contributed by atoms with Crippen molar-refractivity contribution in [2.45, 2.75) is 31.6 Å². The van der Waals surface area contributed by atoms with Gasteiger partial charge in [-0.1, -0.05) is 189 Å². The summed E-state index contributed by atoms with van der Waals surface area (Å²) in [5.41, 5.74) is 28.2. The number of aromatic nitrogens is 1. The molecule has 0 spiro atoms. The number of nitrogens with zero attached hydrogens (tertiary/aromatic N) is 2. The van der Waals surface area contributed by atoms with Crippen molar-refractivity contribution in [3.05, 3.63) is 236 Å². The van der Waals surface area contributed by atoms with E-state index in [1.807, 2.05) is 30.5 Å². The third kappa shape index (κ3) is 6.55. The summed E-state index contributed by atoms with van der Waals surface area (Å²) in [4.78, 5) is 5.02. The van der Waals surface area contributed by atoms with Gasteiger partial charge in [0.2, 0.25) is 0 Å². The minimum Gasteiger partial charge on any atom is -0.455 e. The minimum atomic E-state index is -0.769. The lowest BCUT2D eigenvalue weighted by molar-refractivity contribution is 0.670. The second-order valence-corrected chi connectivity index (χ2v) is 20.0. The van der Waals surface area contributed by atoms with E-state index < -0.39 is 5.89 Å². The van der Waals surface area contributed by atoms with E-state index in [1.165, 1.54) is 38.9 Å². The molecule has 15 rings (SSSR count). The first-order valence-corrected chi connectivity index (χ1v) is 25.8. The molecule has 2 heterocycles. The lowest BCUT2D eigenvalue weighted by Gasteiger charge is -2.26. The maximum absolute atomic E-state index is 10.5. The predicted octanol–water partition coefficient (Wildman–Crippen LogP) is 19.5. The van der Waals surface area contributed by atoms with Crippen LogP contribution in [-0.4, -0.2) is 4.98 Å². The van der Waals surface area contributed by atoms with Crippen molar-refractivity contribution in [2.75, 3.05) is 0 Å². The number of fused-ring (bicyclic) bond motifs is 19. The molecule has 3 aliphatic rings. The molecule has 2 aromatic heterocycles. The molecule has 0 bridgehead atoms. The van der Waals surface area contributed by atoms with Crippen LogP contribution in [0.25, 0.3) is 144 Å². The van der Waals surface area contributed by atoms with E-state index in [0.717, 1.165) is 137 Å². The maximum Gasteiger partial charge on any atom is 0.143 e. The SMILES string of the molecule is [2H]C1(c2c(-c3ccc4c(c3)-c3ccccc3-c3ccccc3-c3cc(-c5cccc6c5oc5ccc(C#N)cc56)ccc3-4)cccc2-c2ccc3c(c2)-c2ccccc2-c2ccccc2-c2ncccc2-3)CCCC1. The fourth-order valence-corrected chi connectivity index (χ4v) is 12.7. The van der Waals surface area contributed by atoms with E-state index in [0.29, 0.717) is 5.56 Å². The quantitative estimate of drug-likeness (QED) is 0.177. The topological polar surface area (TPSA) is 49.8 Å². The highest BCUT2D eigenvalue weighted by Gasteiger charge is 2.29. The van der Waals surface area contributed by atoms with E-state index in [-0.39, 0.29) is 0 Å². The van der Waals surface area contributed by atoms with Crippen LogP contribution in [0.1, 0.15) is 44.1 Å². The summed E-state index contributed by atoms with van der Waals surface area (Å²) < 4.78 is 17.1. The molecule has 74 heavy (non-hydrogen) atoms. The molecule has 0 N–H and O–H groups in total. The first kappa shape index (κ1) is 41.3. The lowest BCUT2D eigenvalue weighted by atomic mass is 9.78. The van der Waals surface area contributed by atoms with Crippen LogP contribution in [0.2, 0.25) is 0 Å². The summed E-state index contributed by atoms with van der Waals surface area (Å²) in [5, 5.41) is 11.7. The molecule has 0 radical (unpaired) electrons. The van der Waals surface area contributed by atoms with Crippen LogP contribution in [0, 0.1) is 11.3 Å². The highest BCUT2D eigenvalue weighted by Crippen LogP contribution is 2.53. The Morgan fingerprint density at radius 1 is 0.392 bits per heavy atom. The molecular weight excluding hydrogens is 897 g/mol. The average Bonchev–Trinajstić information content (AvgIpc) is 4.12. The van der Waals surface area contributed by atoms with Gasteiger partial charge in [-0.3, -0.25) is 4.98 Å². The van der Waals surface area contributed by atoms with Gasteiger partial charge in [0.15, 0.2) is 0 Å². The number of nitriles is 1. The Labute approximate surface area is 431 Å². The van der Waals surface area contributed by atoms with E-state index in [1.54, 1.807) is 0 Å². The minimum absolute atomic E-state index is 0.612. The van der Waals surface area contributed by atoms with Gasteiger partial charge in [0.05, 0.1) is 17.3 Å². The van der Waals surface area contributed by atoms with Crippen molar-refractivity contribution in [1.82, 2.24) is 4.98 Å². The Hall–Kier alpha value is -9.36. The van der Waals surface area contributed by atoms with Crippen molar-refractivity contribution in [1.29, 1.82) is 5.26 Å². The summed E-state index contributed by atoms with van der Waals surface area (Å²) >= 11 is 0. The van der Waals surface area contributed by atoms with Gasteiger partial charge in [-0.2, -0.15) is 5.26 Å². The Morgan fingerprint density at radius 3 is 1.38 bits per heavy atom. The van der Waals surface area contributed by atoms with E-state index >= 15 is 0 Å². The van der Waals surface area contributed by atoms with Crippen molar-refractivity contribution in [3.63, 3.8) is 0 Å². The van der Waals surface area contributed by atoms with Gasteiger partial charge in [-0.25, -0.2) is 0 Å². The molecule has 346 valence electrons. The second kappa shape index (κ2) is 16.9. The standard InChI is InChI=1S/C71H46N2O/c72-42-43-29-36-68-67(38-43)63-27-12-26-50(71(63)74-68)47-32-34-59-58-33-30-45(39-64(58)55-20-6-3-16-51(55)52-17-4-7-21-56(52)65(59)41-47)48-24-11-25-49(69(48)44-14-1-2-15-44)46-31-35-60-62-28-13-37-73-70(62)61-23-10-9-19-54(61)53-18-5-8-22-57(53)66(60)40-46/h3-13,16-41,44H,1-2,14-15H2/i44D. The Morgan fingerprint density at radius 2 is 0.824 bits per heavy atom. The van der Waals surface area contributed by atoms with E-state index in [9.17, 15) is 6.63 Å². The van der Waals surface area contributed by atoms with Crippen molar-refractivity contribution in [2.24, 2.45) is 0 Å². The lowest BCUT2D eigenvalue weighted by Crippen LogP contribution is -2.02. The number of hydrogen-bond donors (Lipinski definition) is 0. The Bertz CT molecular complexity index is 4400. The first-order chi connectivity index (χ1) is 37.0. The van der Waals surface area contributed by atoms with Gasteiger partial charge in [0, 0.05) is 35.0 Å². The fraction of sp³-hybridized carbons (Fsp3) is 0.0704. The Kier molecular flexibility index (Phi) is 9.41. The summed E-state index contributed by atoms with van der Waals surface area (Å²) in [6, 6.07) is 81.2. The van der Waals surface area contributed by atoms with Gasteiger partial charge in [0.1, 0.15) is 11.2 Å². The highest BCUT2D eigenvalue weighted by atomic mass is 16.3. The maximum atomic E-state index is 10.5. The summed E-state index contributed by atoms with van der Waals surface area (Å²) in [5.74, 6) is -0.769. The van der Waals surface area contributed by atoms with Crippen molar-refractivity contribution >= 4 is 21.9 Å². The monoisotopic (exact) mass is 943 g/mol. The van der Waals surface area contributed by atoms with Crippen LogP contribution < -0.4 is 0 Å². The number of para-hydroxylation sites is 1. The number of pyridine rings is 1. The second-order valence-electron chi connectivity index (χ2n) is 20.0. The van der Waals surface area contributed by atoms with E-state index in [4.69, 9.17) is 9.40 Å². The zero-order chi connectivity index (χ0) is 49.8. The summed E-state index contributed by atoms with van der Waals surface area (Å²) in [6.45, 7) is 0. The van der Waals surface area contributed by atoms with Gasteiger partial charge in [-0.15, -0.1) is 0 Å². The zero-order valence-corrected chi connectivity index (χ0v) is 40.5. The predicted molar refractivity (Wildman–Crippen MR) is 304 cm³/mol. The fourth-order valence-electron chi connectivity index (χ4n) is 12.7. The summed E-state index contributed by atoms with van der Waals surface area (Å²) in [7, 11) is 0. The number of hydrogen-bond acceptors (Lipinski definition) is 3. The van der Waals surface area contributed by atoms with E-state index in [2.05, 4.69) is 200 Å². The normalized spacial score (nSPS) is 13.7. The molecule has 12 aromatic rings. The van der Waals surface area contributed by atoms with Crippen LogP contribution in [-0.2, 0) is 0 Å². The number of rotatable bonds is 4. The van der Waals surface area contributed by atoms with Gasteiger partial charge in [0.25, 0.3) is 0 Å². The summed E-state index contributed by atoms with van der Waals surface area (Å²) in [6.07, 6.45) is 5.58. The largest absolute Gasteiger partial charge is 0.455 e. The van der Waals surface area contributed by atoms with Crippen LogP contribution in [0.3, 0.4) is 0 Å². The third-order valence-corrected chi connectivity index (χ3v) is 16.0. The molecule has 3 heteroatoms. The van der Waals surface area contributed by atoms with Gasteiger partial charge < -0.3 is 4.42 Å². The molecule has 0 amide bonds. The third-order valence-electron chi connectivity index (χ3n) is 16.0. The van der Waals surface area contributed by atoms with Gasteiger partial charge >= 0.3 is 0 Å². The highest BCUT2D eigenvalue weighted by molar-refractivity contribution is 6.11. The molecular formula is C71H46N2O. The molecule has 1 fully saturated rings. The van der Waals surface area contributed by atoms with Crippen molar-refractivity contribution in [3.8, 4) is 129 Å². The molecule has 0 unspecified atom stereocenters. The smallest absolute Gasteiger partial charge is 0.143 e. The van der Waals surface area contributed by atoms with Crippen LogP contribution in [0.4, 0.5) is 0 Å². The average molecular weight is 944 g/mol. The van der Waals surface area contributed by atoms with Crippen LogP contribution in [0.15, 0.2) is 229 Å². The van der Waals surface area contributed by atoms with Crippen LogP contribution in [0.5, 0.6) is 0 Å². The van der Waals surface area contributed by atoms with Crippen LogP contribution >= 0.6 is 0 Å². The van der Waals surface area contributed by atoms with Crippen molar-refractivity contribution < 1.29 is 5.79 Å². The molecule has 3 nitrogen and oxygen atoms in total. The molecule has 0 atom stereocenters. The molecule has 1 saturated carbocycles. The van der Waals surface area contributed by atoms with Gasteiger partial charge in [-0.05, 0) is 167 Å². The first-order valence-electron chi connectivity index (χ1n) is 26.3. The molecule has 10 aromatic carbocycles. The number of furan rings is 1. The molecule has 3 aliphatic carbocycles. The zero-order valence-electron chi connectivity index (χ0n) is 41.5.